The number of ether oxygens (including phenoxy) is 1. The molecule has 4 atom stereocenters. The van der Waals surface area contributed by atoms with E-state index in [9.17, 15) is 24.0 Å². The molecule has 2 fully saturated rings. The van der Waals surface area contributed by atoms with E-state index in [4.69, 9.17) is 27.9 Å². The minimum Gasteiger partial charge on any atom is -0.452 e. The van der Waals surface area contributed by atoms with Crippen molar-refractivity contribution in [1.29, 1.82) is 0 Å². The first-order chi connectivity index (χ1) is 16.7. The van der Waals surface area contributed by atoms with Gasteiger partial charge in [-0.3, -0.25) is 24.1 Å². The lowest BCUT2D eigenvalue weighted by molar-refractivity contribution is -0.122. The summed E-state index contributed by atoms with van der Waals surface area (Å²) in [7, 11) is 0. The van der Waals surface area contributed by atoms with E-state index in [0.717, 1.165) is 4.90 Å². The monoisotopic (exact) mass is 516 g/mol. The fourth-order valence-electron chi connectivity index (χ4n) is 4.30. The van der Waals surface area contributed by atoms with Gasteiger partial charge < -0.3 is 10.1 Å². The predicted molar refractivity (Wildman–Crippen MR) is 130 cm³/mol. The van der Waals surface area contributed by atoms with Gasteiger partial charge in [0, 0.05) is 11.3 Å². The van der Waals surface area contributed by atoms with Crippen molar-refractivity contribution in [3.63, 3.8) is 0 Å². The summed E-state index contributed by atoms with van der Waals surface area (Å²) in [6, 6.07) is 12.1. The molecule has 2 aromatic rings. The lowest BCUT2D eigenvalue weighted by Crippen LogP contribution is -2.34. The van der Waals surface area contributed by atoms with Gasteiger partial charge in [0.05, 0.1) is 33.8 Å². The predicted octanol–water partition coefficient (Wildman–Crippen LogP) is 3.80. The van der Waals surface area contributed by atoms with Crippen LogP contribution in [0.1, 0.15) is 40.5 Å². The molecule has 182 valence electrons. The van der Waals surface area contributed by atoms with E-state index >= 15 is 0 Å². The first-order valence-corrected chi connectivity index (χ1v) is 11.9. The zero-order valence-corrected chi connectivity index (χ0v) is 20.2. The minimum absolute atomic E-state index is 0.0903. The van der Waals surface area contributed by atoms with E-state index in [1.54, 1.807) is 24.3 Å². The van der Waals surface area contributed by atoms with Crippen LogP contribution in [0.2, 0.25) is 0 Å². The van der Waals surface area contributed by atoms with Crippen LogP contribution in [-0.2, 0) is 19.1 Å². The van der Waals surface area contributed by atoms with Crippen LogP contribution in [0.4, 0.5) is 11.4 Å². The van der Waals surface area contributed by atoms with Crippen LogP contribution in [0.25, 0.3) is 0 Å². The van der Waals surface area contributed by atoms with Gasteiger partial charge in [0.25, 0.3) is 5.91 Å². The average molecular weight is 517 g/mol. The highest BCUT2D eigenvalue weighted by molar-refractivity contribution is 6.31. The van der Waals surface area contributed by atoms with Crippen molar-refractivity contribution in [2.75, 3.05) is 16.8 Å². The molecule has 1 aliphatic heterocycles. The highest BCUT2D eigenvalue weighted by atomic mass is 35.5. The number of Topliss-reactive ketones (excluding diaryl/α,β-unsaturated/α-hetero) is 1. The number of anilines is 2. The van der Waals surface area contributed by atoms with Gasteiger partial charge in [0.15, 0.2) is 12.4 Å². The molecule has 8 nitrogen and oxygen atoms in total. The Kier molecular flexibility index (Phi) is 7.23. The van der Waals surface area contributed by atoms with E-state index in [0.29, 0.717) is 29.8 Å². The van der Waals surface area contributed by atoms with Crippen LogP contribution in [0, 0.1) is 11.8 Å². The number of carbonyl (C=O) groups is 5. The Bertz CT molecular complexity index is 1150. The second-order valence-electron chi connectivity index (χ2n) is 8.53. The van der Waals surface area contributed by atoms with Gasteiger partial charge in [-0.15, -0.1) is 23.2 Å². The summed E-state index contributed by atoms with van der Waals surface area (Å²) in [5, 5.41) is 1.83. The highest BCUT2D eigenvalue weighted by Crippen LogP contribution is 2.43. The maximum Gasteiger partial charge on any atom is 0.338 e. The lowest BCUT2D eigenvalue weighted by atomic mass is 9.80. The molecule has 1 N–H and O–H groups in total. The summed E-state index contributed by atoms with van der Waals surface area (Å²) in [4.78, 5) is 62.6. The Morgan fingerprint density at radius 2 is 1.40 bits per heavy atom. The van der Waals surface area contributed by atoms with Gasteiger partial charge in [-0.25, -0.2) is 4.79 Å². The molecule has 4 rings (SSSR count). The third kappa shape index (κ3) is 5.23. The van der Waals surface area contributed by atoms with E-state index in [1.165, 1.54) is 31.2 Å². The van der Waals surface area contributed by atoms with Crippen LogP contribution in [0.5, 0.6) is 0 Å². The largest absolute Gasteiger partial charge is 0.452 e. The summed E-state index contributed by atoms with van der Waals surface area (Å²) in [5.74, 6) is -3.01. The number of carbonyl (C=O) groups excluding carboxylic acids is 5. The number of halogens is 2. The number of imide groups is 1. The summed E-state index contributed by atoms with van der Waals surface area (Å²) in [6.07, 6.45) is 0.684. The molecule has 1 aliphatic carbocycles. The number of alkyl halides is 2. The SMILES string of the molecule is CC(=O)c1ccc(NC(=O)COC(=O)c2ccc(N3C(=O)[C@H]4C[C@H](Cl)[C@@H](Cl)C[C@H]4C3=O)cc2)cc1. The van der Waals surface area contributed by atoms with Crippen molar-refractivity contribution in [3.05, 3.63) is 59.7 Å². The summed E-state index contributed by atoms with van der Waals surface area (Å²) >= 11 is 12.4. The van der Waals surface area contributed by atoms with Crippen molar-refractivity contribution in [3.8, 4) is 0 Å². The molecular weight excluding hydrogens is 495 g/mol. The van der Waals surface area contributed by atoms with Gasteiger partial charge >= 0.3 is 5.97 Å². The molecular formula is C25H22Cl2N2O6. The fraction of sp³-hybridized carbons (Fsp3) is 0.320. The van der Waals surface area contributed by atoms with Gasteiger partial charge in [-0.1, -0.05) is 0 Å². The molecule has 0 unspecified atom stereocenters. The number of fused-ring (bicyclic) bond motifs is 1. The number of nitrogens with zero attached hydrogens (tertiary/aromatic N) is 1. The Morgan fingerprint density at radius 1 is 0.886 bits per heavy atom. The van der Waals surface area contributed by atoms with Gasteiger partial charge in [-0.05, 0) is 68.3 Å². The molecule has 0 spiro atoms. The number of amides is 3. The summed E-state index contributed by atoms with van der Waals surface area (Å²) in [5.41, 5.74) is 1.47. The molecule has 2 aliphatic rings. The fourth-order valence-corrected chi connectivity index (χ4v) is 4.89. The number of rotatable bonds is 6. The Morgan fingerprint density at radius 3 is 1.91 bits per heavy atom. The van der Waals surface area contributed by atoms with Crippen molar-refractivity contribution >= 4 is 64.1 Å². The van der Waals surface area contributed by atoms with Gasteiger partial charge in [0.2, 0.25) is 11.8 Å². The van der Waals surface area contributed by atoms with E-state index < -0.39 is 30.3 Å². The average Bonchev–Trinajstić information content (AvgIpc) is 3.07. The first kappa shape index (κ1) is 24.9. The number of nitrogens with one attached hydrogen (secondary N) is 1. The second kappa shape index (κ2) is 10.2. The number of benzene rings is 2. The number of ketones is 1. The zero-order chi connectivity index (χ0) is 25.3. The summed E-state index contributed by atoms with van der Waals surface area (Å²) in [6.45, 7) is 0.929. The Balaban J connectivity index is 1.34. The van der Waals surface area contributed by atoms with Crippen molar-refractivity contribution in [1.82, 2.24) is 0 Å². The Labute approximate surface area is 211 Å². The van der Waals surface area contributed by atoms with Crippen LogP contribution in [-0.4, -0.2) is 46.8 Å². The molecule has 1 saturated carbocycles. The number of esters is 1. The molecule has 10 heteroatoms. The molecule has 0 bridgehead atoms. The maximum absolute atomic E-state index is 12.9. The standard InChI is InChI=1S/C25H22Cl2N2O6/c1-13(30)14-2-6-16(7-3-14)28-22(31)12-35-25(34)15-4-8-17(9-5-15)29-23(32)18-10-20(26)21(27)11-19(18)24(29)33/h2-9,18-21H,10-12H2,1H3,(H,28,31)/t18-,19+,20-,21-/m0/s1. The smallest absolute Gasteiger partial charge is 0.338 e. The zero-order valence-electron chi connectivity index (χ0n) is 18.7. The topological polar surface area (TPSA) is 110 Å². The van der Waals surface area contributed by atoms with Crippen molar-refractivity contribution in [2.45, 2.75) is 30.5 Å². The molecule has 35 heavy (non-hydrogen) atoms. The molecule has 1 saturated heterocycles. The van der Waals surface area contributed by atoms with Crippen LogP contribution in [0.3, 0.4) is 0 Å². The normalized spacial score (nSPS) is 23.6. The molecule has 2 aromatic carbocycles. The maximum atomic E-state index is 12.9. The van der Waals surface area contributed by atoms with Crippen LogP contribution in [0.15, 0.2) is 48.5 Å². The van der Waals surface area contributed by atoms with Gasteiger partial charge in [-0.2, -0.15) is 0 Å². The van der Waals surface area contributed by atoms with E-state index in [-0.39, 0.29) is 33.9 Å². The number of hydrogen-bond acceptors (Lipinski definition) is 6. The minimum atomic E-state index is -0.735. The third-order valence-corrected chi connectivity index (χ3v) is 7.28. The second-order valence-corrected chi connectivity index (χ2v) is 9.65. The van der Waals surface area contributed by atoms with Crippen LogP contribution >= 0.6 is 23.2 Å². The highest BCUT2D eigenvalue weighted by Gasteiger charge is 2.52. The van der Waals surface area contributed by atoms with Crippen LogP contribution < -0.4 is 10.2 Å². The first-order valence-electron chi connectivity index (χ1n) is 11.0. The molecule has 0 aromatic heterocycles. The Hall–Kier alpha value is -3.23. The molecule has 3 amide bonds. The third-order valence-electron chi connectivity index (χ3n) is 6.18. The quantitative estimate of drug-likeness (QED) is 0.270. The van der Waals surface area contributed by atoms with E-state index in [1.807, 2.05) is 0 Å². The van der Waals surface area contributed by atoms with E-state index in [2.05, 4.69) is 5.32 Å². The molecule has 0 radical (unpaired) electrons. The van der Waals surface area contributed by atoms with Crippen molar-refractivity contribution in [2.24, 2.45) is 11.8 Å². The molecule has 1 heterocycles. The summed E-state index contributed by atoms with van der Waals surface area (Å²) < 4.78 is 5.05. The number of hydrogen-bond donors (Lipinski definition) is 1. The van der Waals surface area contributed by atoms with Gasteiger partial charge in [0.1, 0.15) is 0 Å². The lowest BCUT2D eigenvalue weighted by Gasteiger charge is -2.28. The van der Waals surface area contributed by atoms with Crippen molar-refractivity contribution < 1.29 is 28.7 Å².